The lowest BCUT2D eigenvalue weighted by molar-refractivity contribution is -0.114. The van der Waals surface area contributed by atoms with E-state index in [9.17, 15) is 4.79 Å². The van der Waals surface area contributed by atoms with Crippen molar-refractivity contribution < 1.29 is 4.79 Å². The molecule has 0 unspecified atom stereocenters. The summed E-state index contributed by atoms with van der Waals surface area (Å²) in [7, 11) is 0. The van der Waals surface area contributed by atoms with Gasteiger partial charge in [0.1, 0.15) is 5.70 Å². The number of allylic oxidation sites excluding steroid dienone is 1. The predicted molar refractivity (Wildman–Crippen MR) is 105 cm³/mol. The molecule has 25 heavy (non-hydrogen) atoms. The average Bonchev–Trinajstić information content (AvgIpc) is 3.09. The fourth-order valence-corrected chi connectivity index (χ4v) is 4.63. The van der Waals surface area contributed by atoms with Crippen molar-refractivity contribution in [2.75, 3.05) is 0 Å². The number of carbonyl (C=O) groups excluding carboxylic acids is 1. The standard InChI is InChI=1S/C20H11BrN2OS/c21-10-4-6-11(7-5-10)25-15-9-8-13-16-12(15)2-1-3-14(16)19-17(13)18(22)20(24)23-19/h1-9H,(H2,22,23,24). The fraction of sp³-hybridized carbons (Fsp3) is 0. The van der Waals surface area contributed by atoms with Gasteiger partial charge >= 0.3 is 0 Å². The molecular weight excluding hydrogens is 396 g/mol. The van der Waals surface area contributed by atoms with Crippen molar-refractivity contribution in [1.29, 1.82) is 0 Å². The maximum absolute atomic E-state index is 11.9. The van der Waals surface area contributed by atoms with Crippen LogP contribution in [-0.4, -0.2) is 11.6 Å². The Bertz CT molecular complexity index is 1150. The van der Waals surface area contributed by atoms with E-state index in [0.29, 0.717) is 5.71 Å². The zero-order valence-corrected chi connectivity index (χ0v) is 15.3. The Hall–Kier alpha value is -2.37. The highest BCUT2D eigenvalue weighted by atomic mass is 79.9. The summed E-state index contributed by atoms with van der Waals surface area (Å²) in [5, 5.41) is 2.29. The Morgan fingerprint density at radius 3 is 2.56 bits per heavy atom. The largest absolute Gasteiger partial charge is 0.394 e. The van der Waals surface area contributed by atoms with Crippen LogP contribution in [0.25, 0.3) is 16.3 Å². The van der Waals surface area contributed by atoms with Crippen LogP contribution in [0, 0.1) is 0 Å². The molecule has 1 amide bonds. The van der Waals surface area contributed by atoms with Crippen molar-refractivity contribution in [3.05, 3.63) is 75.9 Å². The van der Waals surface area contributed by atoms with E-state index in [1.807, 2.05) is 24.3 Å². The summed E-state index contributed by atoms with van der Waals surface area (Å²) in [4.78, 5) is 18.4. The number of amides is 1. The van der Waals surface area contributed by atoms with Gasteiger partial charge in [0.05, 0.1) is 5.71 Å². The third-order valence-corrected chi connectivity index (χ3v) is 6.13. The Balaban J connectivity index is 1.72. The number of fused-ring (bicyclic) bond motifs is 3. The van der Waals surface area contributed by atoms with Crippen LogP contribution >= 0.6 is 27.7 Å². The quantitative estimate of drug-likeness (QED) is 0.666. The molecule has 2 N–H and O–H groups in total. The monoisotopic (exact) mass is 406 g/mol. The van der Waals surface area contributed by atoms with Gasteiger partial charge in [-0.2, -0.15) is 0 Å². The number of hydrogen-bond acceptors (Lipinski definition) is 3. The molecule has 1 aliphatic carbocycles. The van der Waals surface area contributed by atoms with Gasteiger partial charge in [0.2, 0.25) is 0 Å². The summed E-state index contributed by atoms with van der Waals surface area (Å²) in [6.07, 6.45) is 0. The normalized spacial score (nSPS) is 15.1. The fourth-order valence-electron chi connectivity index (χ4n) is 3.42. The summed E-state index contributed by atoms with van der Waals surface area (Å²) >= 11 is 5.19. The molecule has 1 aliphatic heterocycles. The molecule has 120 valence electrons. The van der Waals surface area contributed by atoms with Crippen LogP contribution in [0.4, 0.5) is 0 Å². The molecule has 3 nitrogen and oxygen atoms in total. The maximum atomic E-state index is 11.9. The Morgan fingerprint density at radius 2 is 1.76 bits per heavy atom. The Kier molecular flexibility index (Phi) is 3.17. The predicted octanol–water partition coefficient (Wildman–Crippen LogP) is 4.77. The molecule has 0 radical (unpaired) electrons. The number of halogens is 1. The molecule has 0 bridgehead atoms. The molecule has 0 atom stereocenters. The molecular formula is C20H11BrN2OS. The van der Waals surface area contributed by atoms with Gasteiger partial charge in [0, 0.05) is 30.8 Å². The van der Waals surface area contributed by atoms with Crippen molar-refractivity contribution in [2.45, 2.75) is 9.79 Å². The van der Waals surface area contributed by atoms with Gasteiger partial charge in [-0.15, -0.1) is 0 Å². The van der Waals surface area contributed by atoms with Crippen LogP contribution in [0.15, 0.2) is 79.6 Å². The molecule has 3 aromatic carbocycles. The van der Waals surface area contributed by atoms with E-state index in [0.717, 1.165) is 31.9 Å². The maximum Gasteiger partial charge on any atom is 0.294 e. The topological polar surface area (TPSA) is 55.4 Å². The summed E-state index contributed by atoms with van der Waals surface area (Å²) < 4.78 is 1.06. The highest BCUT2D eigenvalue weighted by Crippen LogP contribution is 2.45. The second-order valence-electron chi connectivity index (χ2n) is 5.95. The second kappa shape index (κ2) is 5.31. The molecule has 0 spiro atoms. The third kappa shape index (κ3) is 2.12. The molecule has 3 aromatic rings. The zero-order chi connectivity index (χ0) is 17.1. The lowest BCUT2D eigenvalue weighted by Crippen LogP contribution is -2.06. The first-order valence-corrected chi connectivity index (χ1v) is 9.37. The highest BCUT2D eigenvalue weighted by molar-refractivity contribution is 9.10. The number of hydrogen-bond donors (Lipinski definition) is 1. The highest BCUT2D eigenvalue weighted by Gasteiger charge is 2.34. The second-order valence-corrected chi connectivity index (χ2v) is 7.98. The van der Waals surface area contributed by atoms with Crippen LogP contribution < -0.4 is 5.73 Å². The molecule has 0 aromatic heterocycles. The summed E-state index contributed by atoms with van der Waals surface area (Å²) in [5.74, 6) is -0.332. The minimum atomic E-state index is -0.332. The van der Waals surface area contributed by atoms with Gasteiger partial charge in [0.25, 0.3) is 5.91 Å². The van der Waals surface area contributed by atoms with E-state index in [1.165, 1.54) is 9.79 Å². The van der Waals surface area contributed by atoms with E-state index in [-0.39, 0.29) is 11.6 Å². The smallest absolute Gasteiger partial charge is 0.294 e. The third-order valence-electron chi connectivity index (χ3n) is 4.52. The van der Waals surface area contributed by atoms with Gasteiger partial charge in [-0.05, 0) is 41.3 Å². The van der Waals surface area contributed by atoms with Crippen molar-refractivity contribution >= 4 is 55.7 Å². The average molecular weight is 407 g/mol. The lowest BCUT2D eigenvalue weighted by Gasteiger charge is -2.09. The number of aliphatic imine (C=N–C) groups is 1. The SMILES string of the molecule is NC1=C2C(=NC1=O)c1cccc3c(Sc4ccc(Br)cc4)ccc2c13. The Labute approximate surface area is 156 Å². The molecule has 5 heteroatoms. The van der Waals surface area contributed by atoms with Crippen LogP contribution in [0.2, 0.25) is 0 Å². The minimum Gasteiger partial charge on any atom is -0.394 e. The molecule has 0 saturated heterocycles. The number of nitrogens with zero attached hydrogens (tertiary/aromatic N) is 1. The van der Waals surface area contributed by atoms with Crippen molar-refractivity contribution in [1.82, 2.24) is 0 Å². The molecule has 0 fully saturated rings. The van der Waals surface area contributed by atoms with E-state index in [2.05, 4.69) is 51.3 Å². The van der Waals surface area contributed by atoms with Gasteiger partial charge < -0.3 is 5.73 Å². The van der Waals surface area contributed by atoms with Crippen LogP contribution in [0.1, 0.15) is 11.1 Å². The van der Waals surface area contributed by atoms with Crippen molar-refractivity contribution in [2.24, 2.45) is 10.7 Å². The first-order chi connectivity index (χ1) is 12.1. The van der Waals surface area contributed by atoms with Crippen LogP contribution in [0.5, 0.6) is 0 Å². The van der Waals surface area contributed by atoms with Gasteiger partial charge in [-0.25, -0.2) is 4.99 Å². The van der Waals surface area contributed by atoms with Gasteiger partial charge in [-0.1, -0.05) is 52.0 Å². The first-order valence-electron chi connectivity index (χ1n) is 7.76. The van der Waals surface area contributed by atoms with E-state index < -0.39 is 0 Å². The van der Waals surface area contributed by atoms with E-state index in [4.69, 9.17) is 5.73 Å². The zero-order valence-electron chi connectivity index (χ0n) is 12.9. The van der Waals surface area contributed by atoms with Gasteiger partial charge in [0.15, 0.2) is 0 Å². The summed E-state index contributed by atoms with van der Waals surface area (Å²) in [6, 6.07) is 18.6. The first kappa shape index (κ1) is 14.9. The van der Waals surface area contributed by atoms with E-state index >= 15 is 0 Å². The summed E-state index contributed by atoms with van der Waals surface area (Å²) in [6.45, 7) is 0. The van der Waals surface area contributed by atoms with Gasteiger partial charge in [-0.3, -0.25) is 4.79 Å². The van der Waals surface area contributed by atoms with E-state index in [1.54, 1.807) is 11.8 Å². The van der Waals surface area contributed by atoms with Crippen molar-refractivity contribution in [3.8, 4) is 0 Å². The number of benzene rings is 3. The summed E-state index contributed by atoms with van der Waals surface area (Å²) in [5.41, 5.74) is 9.76. The number of carbonyl (C=O) groups is 1. The van der Waals surface area contributed by atoms with Crippen LogP contribution in [-0.2, 0) is 4.79 Å². The lowest BCUT2D eigenvalue weighted by atomic mass is 10.0. The number of nitrogens with two attached hydrogens (primary N) is 1. The molecule has 5 rings (SSSR count). The number of rotatable bonds is 2. The molecule has 2 aliphatic rings. The molecule has 1 heterocycles. The molecule has 0 saturated carbocycles. The Morgan fingerprint density at radius 1 is 0.960 bits per heavy atom. The van der Waals surface area contributed by atoms with Crippen molar-refractivity contribution in [3.63, 3.8) is 0 Å². The van der Waals surface area contributed by atoms with Crippen LogP contribution in [0.3, 0.4) is 0 Å². The minimum absolute atomic E-state index is 0.251.